The highest BCUT2D eigenvalue weighted by Gasteiger charge is 2.19. The lowest BCUT2D eigenvalue weighted by Crippen LogP contribution is -2.46. The molecule has 1 heterocycles. The maximum atomic E-state index is 12.0. The largest absolute Gasteiger partial charge is 0.450 e. The van der Waals surface area contributed by atoms with E-state index in [1.54, 1.807) is 31.2 Å². The first-order chi connectivity index (χ1) is 12.8. The summed E-state index contributed by atoms with van der Waals surface area (Å²) in [6.45, 7) is 3.20. The summed E-state index contributed by atoms with van der Waals surface area (Å²) in [4.78, 5) is 35.4. The van der Waals surface area contributed by atoms with Crippen molar-refractivity contribution in [3.05, 3.63) is 46.1 Å². The van der Waals surface area contributed by atoms with Crippen LogP contribution in [-0.4, -0.2) is 37.0 Å². The number of amides is 2. The van der Waals surface area contributed by atoms with Crippen LogP contribution in [-0.2, 0) is 14.3 Å². The Balaban J connectivity index is 1.94. The Morgan fingerprint density at radius 3 is 2.63 bits per heavy atom. The molecule has 0 saturated heterocycles. The summed E-state index contributed by atoms with van der Waals surface area (Å²) >= 11 is 12.1. The maximum absolute atomic E-state index is 12.0. The fourth-order valence-electron chi connectivity index (χ4n) is 2.16. The molecule has 7 nitrogen and oxygen atoms in total. The molecule has 0 unspecified atom stereocenters. The molecule has 0 aliphatic rings. The quantitative estimate of drug-likeness (QED) is 0.680. The van der Waals surface area contributed by atoms with Gasteiger partial charge in [-0.05, 0) is 38.1 Å². The number of benzene rings is 1. The van der Waals surface area contributed by atoms with Crippen LogP contribution >= 0.6 is 23.2 Å². The fourth-order valence-corrected chi connectivity index (χ4v) is 2.56. The van der Waals surface area contributed by atoms with Gasteiger partial charge in [0.15, 0.2) is 6.61 Å². The molecule has 1 atom stereocenters. The highest BCUT2D eigenvalue weighted by Crippen LogP contribution is 2.34. The molecule has 0 bridgehead atoms. The van der Waals surface area contributed by atoms with Gasteiger partial charge in [-0.2, -0.15) is 0 Å². The Labute approximate surface area is 166 Å². The molecular formula is C18H18Cl2N2O5. The molecule has 0 fully saturated rings. The third kappa shape index (κ3) is 5.48. The van der Waals surface area contributed by atoms with E-state index in [-0.39, 0.29) is 11.7 Å². The van der Waals surface area contributed by atoms with Gasteiger partial charge in [0.25, 0.3) is 5.91 Å². The highest BCUT2D eigenvalue weighted by molar-refractivity contribution is 6.43. The van der Waals surface area contributed by atoms with Gasteiger partial charge in [0.1, 0.15) is 11.8 Å². The predicted molar refractivity (Wildman–Crippen MR) is 101 cm³/mol. The van der Waals surface area contributed by atoms with E-state index in [1.807, 2.05) is 0 Å². The first kappa shape index (κ1) is 20.8. The van der Waals surface area contributed by atoms with Gasteiger partial charge >= 0.3 is 5.97 Å². The van der Waals surface area contributed by atoms with E-state index < -0.39 is 24.5 Å². The molecule has 0 spiro atoms. The lowest BCUT2D eigenvalue weighted by atomic mass is 10.2. The maximum Gasteiger partial charge on any atom is 0.374 e. The average Bonchev–Trinajstić information content (AvgIpc) is 3.12. The van der Waals surface area contributed by atoms with Crippen molar-refractivity contribution in [3.63, 3.8) is 0 Å². The molecule has 2 rings (SSSR count). The second-order valence-electron chi connectivity index (χ2n) is 5.53. The second kappa shape index (κ2) is 9.43. The van der Waals surface area contributed by atoms with Crippen LogP contribution in [0.3, 0.4) is 0 Å². The number of carbonyl (C=O) groups is 3. The zero-order valence-corrected chi connectivity index (χ0v) is 16.2. The molecule has 0 aliphatic carbocycles. The number of rotatable bonds is 7. The zero-order valence-electron chi connectivity index (χ0n) is 14.7. The first-order valence-electron chi connectivity index (χ1n) is 8.11. The highest BCUT2D eigenvalue weighted by atomic mass is 35.5. The summed E-state index contributed by atoms with van der Waals surface area (Å²) in [6, 6.07) is 7.24. The van der Waals surface area contributed by atoms with Crippen molar-refractivity contribution >= 4 is 41.0 Å². The van der Waals surface area contributed by atoms with Crippen LogP contribution in [0, 0.1) is 0 Å². The van der Waals surface area contributed by atoms with Crippen molar-refractivity contribution in [2.75, 3.05) is 13.2 Å². The number of nitrogens with one attached hydrogen (secondary N) is 2. The van der Waals surface area contributed by atoms with Gasteiger partial charge in [-0.1, -0.05) is 29.3 Å². The van der Waals surface area contributed by atoms with Crippen molar-refractivity contribution in [1.29, 1.82) is 0 Å². The van der Waals surface area contributed by atoms with E-state index in [1.165, 1.54) is 13.0 Å². The van der Waals surface area contributed by atoms with Crippen LogP contribution in [0.15, 0.2) is 34.7 Å². The van der Waals surface area contributed by atoms with Crippen molar-refractivity contribution in [1.82, 2.24) is 10.6 Å². The minimum absolute atomic E-state index is 0.0920. The van der Waals surface area contributed by atoms with Crippen molar-refractivity contribution in [2.24, 2.45) is 0 Å². The van der Waals surface area contributed by atoms with Crippen LogP contribution < -0.4 is 10.6 Å². The molecule has 2 N–H and O–H groups in total. The Morgan fingerprint density at radius 1 is 1.19 bits per heavy atom. The molecule has 144 valence electrons. The van der Waals surface area contributed by atoms with E-state index in [0.717, 1.165) is 0 Å². The zero-order chi connectivity index (χ0) is 20.0. The lowest BCUT2D eigenvalue weighted by molar-refractivity contribution is -0.130. The molecule has 1 aromatic carbocycles. The fraction of sp³-hybridized carbons (Fsp3) is 0.278. The smallest absolute Gasteiger partial charge is 0.374 e. The summed E-state index contributed by atoms with van der Waals surface area (Å²) in [5.74, 6) is -1.51. The van der Waals surface area contributed by atoms with Gasteiger partial charge in [0.2, 0.25) is 11.7 Å². The number of carbonyl (C=O) groups excluding carboxylic acids is 3. The summed E-state index contributed by atoms with van der Waals surface area (Å²) < 4.78 is 10.3. The van der Waals surface area contributed by atoms with Gasteiger partial charge in [-0.3, -0.25) is 9.59 Å². The molecular weight excluding hydrogens is 395 g/mol. The molecule has 0 aliphatic heterocycles. The normalized spacial score (nSPS) is 11.6. The summed E-state index contributed by atoms with van der Waals surface area (Å²) in [5, 5.41) is 5.65. The number of hydrogen-bond donors (Lipinski definition) is 2. The van der Waals surface area contributed by atoms with Crippen molar-refractivity contribution < 1.29 is 23.5 Å². The van der Waals surface area contributed by atoms with Crippen LogP contribution in [0.2, 0.25) is 10.0 Å². The lowest BCUT2D eigenvalue weighted by Gasteiger charge is -2.13. The first-order valence-corrected chi connectivity index (χ1v) is 8.87. The van der Waals surface area contributed by atoms with E-state index in [2.05, 4.69) is 10.6 Å². The molecule has 0 saturated carbocycles. The minimum atomic E-state index is -0.819. The predicted octanol–water partition coefficient (Wildman–Crippen LogP) is 3.05. The average molecular weight is 413 g/mol. The Bertz CT molecular complexity index is 850. The standard InChI is InChI=1S/C18H18Cl2N2O5/c1-3-21-17(24)10(2)22-15(23)9-26-18(25)14-8-7-13(27-14)11-5-4-6-12(19)16(11)20/h4-8,10H,3,9H2,1-2H3,(H,21,24)(H,22,23)/t10-/m0/s1. The minimum Gasteiger partial charge on any atom is -0.450 e. The number of esters is 1. The van der Waals surface area contributed by atoms with E-state index in [9.17, 15) is 14.4 Å². The van der Waals surface area contributed by atoms with Crippen LogP contribution in [0.25, 0.3) is 11.3 Å². The topological polar surface area (TPSA) is 97.6 Å². The third-order valence-corrected chi connectivity index (χ3v) is 4.30. The van der Waals surface area contributed by atoms with Gasteiger partial charge in [0.05, 0.1) is 10.0 Å². The monoisotopic (exact) mass is 412 g/mol. The van der Waals surface area contributed by atoms with E-state index >= 15 is 0 Å². The number of hydrogen-bond acceptors (Lipinski definition) is 5. The Kier molecular flexibility index (Phi) is 7.27. The van der Waals surface area contributed by atoms with E-state index in [4.69, 9.17) is 32.4 Å². The van der Waals surface area contributed by atoms with E-state index in [0.29, 0.717) is 27.9 Å². The molecule has 0 radical (unpaired) electrons. The summed E-state index contributed by atoms with van der Waals surface area (Å²) in [7, 11) is 0. The van der Waals surface area contributed by atoms with Crippen LogP contribution in [0.5, 0.6) is 0 Å². The second-order valence-corrected chi connectivity index (χ2v) is 6.31. The molecule has 1 aromatic heterocycles. The van der Waals surface area contributed by atoms with Crippen molar-refractivity contribution in [3.8, 4) is 11.3 Å². The summed E-state index contributed by atoms with van der Waals surface area (Å²) in [5.41, 5.74) is 0.525. The SMILES string of the molecule is CCNC(=O)[C@H](C)NC(=O)COC(=O)c1ccc(-c2cccc(Cl)c2Cl)o1. The Morgan fingerprint density at radius 2 is 1.93 bits per heavy atom. The Hall–Kier alpha value is -2.51. The third-order valence-electron chi connectivity index (χ3n) is 3.48. The molecule has 2 amide bonds. The molecule has 2 aromatic rings. The molecule has 27 heavy (non-hydrogen) atoms. The van der Waals surface area contributed by atoms with Gasteiger partial charge < -0.3 is 19.8 Å². The van der Waals surface area contributed by atoms with Crippen molar-refractivity contribution in [2.45, 2.75) is 19.9 Å². The van der Waals surface area contributed by atoms with Gasteiger partial charge in [0, 0.05) is 12.1 Å². The van der Waals surface area contributed by atoms with Gasteiger partial charge in [-0.25, -0.2) is 4.79 Å². The van der Waals surface area contributed by atoms with Gasteiger partial charge in [-0.15, -0.1) is 0 Å². The summed E-state index contributed by atoms with van der Waals surface area (Å²) in [6.07, 6.45) is 0. The number of likely N-dealkylation sites (N-methyl/N-ethyl adjacent to an activating group) is 1. The molecule has 9 heteroatoms. The van der Waals surface area contributed by atoms with Crippen LogP contribution in [0.1, 0.15) is 24.4 Å². The number of furan rings is 1. The number of ether oxygens (including phenoxy) is 1. The number of halogens is 2. The van der Waals surface area contributed by atoms with Crippen LogP contribution in [0.4, 0.5) is 0 Å².